The summed E-state index contributed by atoms with van der Waals surface area (Å²) in [6.45, 7) is 2.23. The van der Waals surface area contributed by atoms with Crippen LogP contribution in [0.1, 0.15) is 0 Å². The minimum Gasteiger partial charge on any atom is -0.440 e. The number of aromatic nitrogens is 2. The van der Waals surface area contributed by atoms with Crippen molar-refractivity contribution in [1.82, 2.24) is 20.2 Å². The number of halogens is 3. The number of rotatable bonds is 5. The first-order valence-electron chi connectivity index (χ1n) is 7.16. The quantitative estimate of drug-likeness (QED) is 0.863. The van der Waals surface area contributed by atoms with Crippen LogP contribution in [0.5, 0.6) is 0 Å². The number of hydrogen-bond donors (Lipinski definition) is 1. The molecule has 1 fully saturated rings. The Bertz CT molecular complexity index is 492. The molecule has 2 heterocycles. The molecule has 1 amide bonds. The Morgan fingerprint density at radius 2 is 1.87 bits per heavy atom. The summed E-state index contributed by atoms with van der Waals surface area (Å²) in [5.74, 6) is 0.681. The van der Waals surface area contributed by atoms with Gasteiger partial charge in [0.2, 0.25) is 5.95 Å². The summed E-state index contributed by atoms with van der Waals surface area (Å²) in [5, 5.41) is 2.30. The lowest BCUT2D eigenvalue weighted by Crippen LogP contribution is -2.49. The summed E-state index contributed by atoms with van der Waals surface area (Å²) in [6.07, 6.45) is -2.19. The van der Waals surface area contributed by atoms with Crippen LogP contribution < -0.4 is 10.2 Å². The molecule has 0 saturated carbocycles. The SMILES string of the molecule is O=C(NCCN1CCN(c2ncccn2)CC1)OCC(F)(F)F. The molecule has 0 unspecified atom stereocenters. The van der Waals surface area contributed by atoms with Gasteiger partial charge in [-0.2, -0.15) is 13.2 Å². The molecule has 0 spiro atoms. The molecule has 1 N–H and O–H groups in total. The number of alkyl halides is 3. The van der Waals surface area contributed by atoms with Gasteiger partial charge in [-0.3, -0.25) is 4.90 Å². The van der Waals surface area contributed by atoms with Crippen molar-refractivity contribution in [3.8, 4) is 0 Å². The van der Waals surface area contributed by atoms with Crippen molar-refractivity contribution in [1.29, 1.82) is 0 Å². The lowest BCUT2D eigenvalue weighted by Gasteiger charge is -2.34. The molecule has 1 saturated heterocycles. The van der Waals surface area contributed by atoms with E-state index in [-0.39, 0.29) is 6.54 Å². The van der Waals surface area contributed by atoms with Crippen molar-refractivity contribution < 1.29 is 22.7 Å². The van der Waals surface area contributed by atoms with E-state index < -0.39 is 18.9 Å². The average Bonchev–Trinajstić information content (AvgIpc) is 2.54. The third kappa shape index (κ3) is 6.27. The highest BCUT2D eigenvalue weighted by molar-refractivity contribution is 5.67. The number of ether oxygens (including phenoxy) is 1. The van der Waals surface area contributed by atoms with Gasteiger partial charge in [0.05, 0.1) is 0 Å². The highest BCUT2D eigenvalue weighted by Crippen LogP contribution is 2.14. The van der Waals surface area contributed by atoms with Gasteiger partial charge < -0.3 is 15.0 Å². The van der Waals surface area contributed by atoms with Crippen molar-refractivity contribution in [2.45, 2.75) is 6.18 Å². The third-order valence-corrected chi connectivity index (χ3v) is 3.27. The maximum Gasteiger partial charge on any atom is 0.422 e. The molecule has 0 aromatic carbocycles. The number of nitrogens with one attached hydrogen (secondary N) is 1. The van der Waals surface area contributed by atoms with Crippen LogP contribution in [-0.2, 0) is 4.74 Å². The lowest BCUT2D eigenvalue weighted by molar-refractivity contribution is -0.160. The Kier molecular flexibility index (Phi) is 5.97. The van der Waals surface area contributed by atoms with E-state index in [1.54, 1.807) is 18.5 Å². The number of anilines is 1. The van der Waals surface area contributed by atoms with Gasteiger partial charge in [0, 0.05) is 51.7 Å². The highest BCUT2D eigenvalue weighted by Gasteiger charge is 2.29. The molecule has 10 heteroatoms. The first-order chi connectivity index (χ1) is 10.9. The zero-order chi connectivity index (χ0) is 16.7. The molecule has 128 valence electrons. The fourth-order valence-electron chi connectivity index (χ4n) is 2.14. The fourth-order valence-corrected chi connectivity index (χ4v) is 2.14. The van der Waals surface area contributed by atoms with Gasteiger partial charge in [0.1, 0.15) is 0 Å². The zero-order valence-corrected chi connectivity index (χ0v) is 12.4. The Morgan fingerprint density at radius 3 is 2.48 bits per heavy atom. The average molecular weight is 333 g/mol. The van der Waals surface area contributed by atoms with Gasteiger partial charge in [0.15, 0.2) is 6.61 Å². The topological polar surface area (TPSA) is 70.6 Å². The fraction of sp³-hybridized carbons (Fsp3) is 0.615. The van der Waals surface area contributed by atoms with Crippen LogP contribution in [0.2, 0.25) is 0 Å². The summed E-state index contributed by atoms with van der Waals surface area (Å²) < 4.78 is 39.7. The Morgan fingerprint density at radius 1 is 1.22 bits per heavy atom. The number of alkyl carbamates (subject to hydrolysis) is 1. The number of nitrogens with zero attached hydrogens (tertiary/aromatic N) is 4. The van der Waals surface area contributed by atoms with Gasteiger partial charge in [-0.1, -0.05) is 0 Å². The van der Waals surface area contributed by atoms with Crippen molar-refractivity contribution in [3.63, 3.8) is 0 Å². The van der Waals surface area contributed by atoms with E-state index >= 15 is 0 Å². The minimum absolute atomic E-state index is 0.235. The second-order valence-corrected chi connectivity index (χ2v) is 5.00. The maximum atomic E-state index is 11.9. The third-order valence-electron chi connectivity index (χ3n) is 3.27. The van der Waals surface area contributed by atoms with Crippen LogP contribution >= 0.6 is 0 Å². The van der Waals surface area contributed by atoms with E-state index in [1.807, 2.05) is 0 Å². The van der Waals surface area contributed by atoms with Crippen LogP contribution in [-0.4, -0.2) is 73.0 Å². The standard InChI is InChI=1S/C13H18F3N5O2/c14-13(15,16)10-23-12(22)19-4-5-20-6-8-21(9-7-20)11-17-2-1-3-18-11/h1-3H,4-10H2,(H,19,22). The van der Waals surface area contributed by atoms with E-state index in [0.717, 1.165) is 26.2 Å². The predicted octanol–water partition coefficient (Wildman–Crippen LogP) is 0.887. The number of carbonyl (C=O) groups excluding carboxylic acids is 1. The maximum absolute atomic E-state index is 11.9. The van der Waals surface area contributed by atoms with Crippen molar-refractivity contribution in [2.24, 2.45) is 0 Å². The smallest absolute Gasteiger partial charge is 0.422 e. The molecular weight excluding hydrogens is 315 g/mol. The summed E-state index contributed by atoms with van der Waals surface area (Å²) in [6, 6.07) is 1.75. The summed E-state index contributed by atoms with van der Waals surface area (Å²) in [4.78, 5) is 23.6. The van der Waals surface area contributed by atoms with Crippen molar-refractivity contribution in [3.05, 3.63) is 18.5 Å². The van der Waals surface area contributed by atoms with Crippen LogP contribution in [0, 0.1) is 0 Å². The molecule has 0 atom stereocenters. The largest absolute Gasteiger partial charge is 0.440 e. The minimum atomic E-state index is -4.51. The Hall–Kier alpha value is -2.10. The van der Waals surface area contributed by atoms with E-state index in [4.69, 9.17) is 0 Å². The van der Waals surface area contributed by atoms with Gasteiger partial charge in [-0.05, 0) is 6.07 Å². The van der Waals surface area contributed by atoms with E-state index in [9.17, 15) is 18.0 Å². The molecule has 1 aliphatic heterocycles. The first-order valence-corrected chi connectivity index (χ1v) is 7.16. The number of amides is 1. The summed E-state index contributed by atoms with van der Waals surface area (Å²) in [7, 11) is 0. The van der Waals surface area contributed by atoms with Crippen LogP contribution in [0.25, 0.3) is 0 Å². The molecule has 0 radical (unpaired) electrons. The van der Waals surface area contributed by atoms with E-state index in [2.05, 4.69) is 29.8 Å². The highest BCUT2D eigenvalue weighted by atomic mass is 19.4. The predicted molar refractivity (Wildman–Crippen MR) is 76.1 cm³/mol. The normalized spacial score (nSPS) is 16.2. The van der Waals surface area contributed by atoms with E-state index in [1.165, 1.54) is 0 Å². The van der Waals surface area contributed by atoms with Crippen molar-refractivity contribution in [2.75, 3.05) is 50.8 Å². The summed E-state index contributed by atoms with van der Waals surface area (Å²) >= 11 is 0. The van der Waals surface area contributed by atoms with Crippen LogP contribution in [0.4, 0.5) is 23.9 Å². The second-order valence-electron chi connectivity index (χ2n) is 5.00. The molecule has 1 aromatic heterocycles. The van der Waals surface area contributed by atoms with E-state index in [0.29, 0.717) is 12.5 Å². The number of piperazine rings is 1. The molecule has 7 nitrogen and oxygen atoms in total. The van der Waals surface area contributed by atoms with Gasteiger partial charge >= 0.3 is 12.3 Å². The van der Waals surface area contributed by atoms with Gasteiger partial charge in [0.25, 0.3) is 0 Å². The molecule has 0 aliphatic carbocycles. The van der Waals surface area contributed by atoms with Crippen molar-refractivity contribution >= 4 is 12.0 Å². The monoisotopic (exact) mass is 333 g/mol. The molecular formula is C13H18F3N5O2. The summed E-state index contributed by atoms with van der Waals surface area (Å²) in [5.41, 5.74) is 0. The Balaban J connectivity index is 1.61. The van der Waals surface area contributed by atoms with Crippen LogP contribution in [0.15, 0.2) is 18.5 Å². The number of hydrogen-bond acceptors (Lipinski definition) is 6. The lowest BCUT2D eigenvalue weighted by atomic mass is 10.3. The molecule has 1 aromatic rings. The molecule has 2 rings (SSSR count). The van der Waals surface area contributed by atoms with Crippen LogP contribution in [0.3, 0.4) is 0 Å². The number of carbonyl (C=O) groups is 1. The Labute approximate surface area is 131 Å². The zero-order valence-electron chi connectivity index (χ0n) is 12.4. The molecule has 0 bridgehead atoms. The van der Waals surface area contributed by atoms with Gasteiger partial charge in [-0.25, -0.2) is 14.8 Å². The molecule has 1 aliphatic rings. The molecule has 23 heavy (non-hydrogen) atoms. The van der Waals surface area contributed by atoms with Gasteiger partial charge in [-0.15, -0.1) is 0 Å². The second kappa shape index (κ2) is 7.95. The first kappa shape index (κ1) is 17.3.